The highest BCUT2D eigenvalue weighted by Gasteiger charge is 2.58. The first-order valence-corrected chi connectivity index (χ1v) is 12.5. The summed E-state index contributed by atoms with van der Waals surface area (Å²) in [6.07, 6.45) is 6.79. The fourth-order valence-corrected chi connectivity index (χ4v) is 5.11. The van der Waals surface area contributed by atoms with Gasteiger partial charge < -0.3 is 23.4 Å². The van der Waals surface area contributed by atoms with E-state index in [1.165, 1.54) is 0 Å². The summed E-state index contributed by atoms with van der Waals surface area (Å²) in [5, 5.41) is 5.37. The van der Waals surface area contributed by atoms with Crippen molar-refractivity contribution in [3.63, 3.8) is 0 Å². The number of hydrogen-bond donors (Lipinski definition) is 0. The Bertz CT molecular complexity index is 1280. The van der Waals surface area contributed by atoms with Crippen LogP contribution in [0.15, 0.2) is 36.2 Å². The van der Waals surface area contributed by atoms with E-state index in [1.807, 2.05) is 23.0 Å². The highest BCUT2D eigenvalue weighted by molar-refractivity contribution is 6.65. The Morgan fingerprint density at radius 3 is 2.06 bits per heavy atom. The lowest BCUT2D eigenvalue weighted by Crippen LogP contribution is -2.41. The average Bonchev–Trinajstić information content (AvgIpc) is 3.33. The third-order valence-electron chi connectivity index (χ3n) is 8.94. The number of benzene rings is 1. The molecule has 4 aliphatic rings. The number of ether oxygens (including phenoxy) is 1. The van der Waals surface area contributed by atoms with Crippen molar-refractivity contribution in [1.82, 2.24) is 9.78 Å². The van der Waals surface area contributed by atoms with Gasteiger partial charge in [0.2, 0.25) is 0 Å². The summed E-state index contributed by atoms with van der Waals surface area (Å²) in [4.78, 5) is 0. The first kappa shape index (κ1) is 23.3. The summed E-state index contributed by atoms with van der Waals surface area (Å²) >= 11 is 0. The molecule has 1 unspecified atom stereocenters. The zero-order valence-electron chi connectivity index (χ0n) is 22.2. The number of hydrogen-bond acceptors (Lipinski definition) is 6. The van der Waals surface area contributed by atoms with Crippen LogP contribution in [0.4, 0.5) is 0 Å². The Morgan fingerprint density at radius 1 is 0.829 bits per heavy atom. The van der Waals surface area contributed by atoms with Crippen LogP contribution in [0.5, 0.6) is 5.75 Å². The van der Waals surface area contributed by atoms with Crippen LogP contribution >= 0.6 is 0 Å². The molecule has 1 aromatic heterocycles. The fourth-order valence-electron chi connectivity index (χ4n) is 5.11. The minimum absolute atomic E-state index is 0.365. The lowest BCUT2D eigenvalue weighted by molar-refractivity contribution is 0.00578. The molecule has 6 rings (SSSR count). The van der Waals surface area contributed by atoms with Gasteiger partial charge in [0.1, 0.15) is 17.0 Å². The summed E-state index contributed by atoms with van der Waals surface area (Å²) in [5.74, 6) is 1.65. The van der Waals surface area contributed by atoms with Crippen LogP contribution < -0.4 is 10.2 Å². The summed E-state index contributed by atoms with van der Waals surface area (Å²) < 4.78 is 33.9. The quantitative estimate of drug-likeness (QED) is 0.586. The molecule has 1 atom stereocenters. The maximum absolute atomic E-state index is 6.50. The van der Waals surface area contributed by atoms with Crippen LogP contribution in [0.1, 0.15) is 68.7 Å². The van der Waals surface area contributed by atoms with Gasteiger partial charge in [0.15, 0.2) is 5.75 Å². The first-order valence-electron chi connectivity index (χ1n) is 12.5. The van der Waals surface area contributed by atoms with Crippen molar-refractivity contribution >= 4 is 36.3 Å². The van der Waals surface area contributed by atoms with Crippen LogP contribution in [-0.4, -0.2) is 46.4 Å². The minimum atomic E-state index is -0.462. The van der Waals surface area contributed by atoms with Gasteiger partial charge >= 0.3 is 14.2 Å². The number of aromatic nitrogens is 2. The number of rotatable bonds is 2. The zero-order chi connectivity index (χ0) is 25.2. The van der Waals surface area contributed by atoms with E-state index in [1.54, 1.807) is 0 Å². The van der Waals surface area contributed by atoms with E-state index in [-0.39, 0.29) is 23.6 Å². The van der Waals surface area contributed by atoms with E-state index >= 15 is 0 Å². The van der Waals surface area contributed by atoms with Crippen LogP contribution in [0.25, 0.3) is 16.6 Å². The molecule has 0 spiro atoms. The van der Waals surface area contributed by atoms with E-state index in [4.69, 9.17) is 28.5 Å². The Morgan fingerprint density at radius 2 is 1.43 bits per heavy atom. The molecule has 0 radical (unpaired) electrons. The van der Waals surface area contributed by atoms with Gasteiger partial charge in [-0.1, -0.05) is 19.1 Å². The van der Waals surface area contributed by atoms with Gasteiger partial charge in [0.05, 0.1) is 28.6 Å². The Balaban J connectivity index is 1.34. The zero-order valence-corrected chi connectivity index (χ0v) is 22.2. The second-order valence-corrected chi connectivity index (χ2v) is 12.6. The molecule has 1 aliphatic carbocycles. The van der Waals surface area contributed by atoms with Crippen molar-refractivity contribution in [1.29, 1.82) is 0 Å². The number of allylic oxidation sites excluding steroid dienone is 4. The standard InChI is InChI=1S/C26H34B2N2O5/c1-22(2)23(3,4)33-27(32-22)17-10-11-19-21-16(17)15-29-30(21)18-12-13-26(9,14-20(18)31-19)28-34-24(5,6)25(7,8)35-28/h10-13,15H,14H2,1-9H3. The van der Waals surface area contributed by atoms with Crippen LogP contribution in [0, 0.1) is 0 Å². The molecule has 184 valence electrons. The van der Waals surface area contributed by atoms with Crippen molar-refractivity contribution in [3.05, 3.63) is 36.2 Å². The molecule has 9 heteroatoms. The molecule has 0 saturated carbocycles. The Hall–Kier alpha value is -2.06. The monoisotopic (exact) mass is 476 g/mol. The summed E-state index contributed by atoms with van der Waals surface area (Å²) in [6, 6.07) is 4.03. The predicted octanol–water partition coefficient (Wildman–Crippen LogP) is 4.71. The van der Waals surface area contributed by atoms with Crippen molar-refractivity contribution in [2.24, 2.45) is 0 Å². The maximum atomic E-state index is 6.50. The molecule has 0 amide bonds. The smallest absolute Gasteiger partial charge is 0.457 e. The van der Waals surface area contributed by atoms with E-state index < -0.39 is 18.3 Å². The minimum Gasteiger partial charge on any atom is -0.457 e. The van der Waals surface area contributed by atoms with Gasteiger partial charge in [-0.05, 0) is 73.0 Å². The first-order chi connectivity index (χ1) is 16.1. The molecule has 2 fully saturated rings. The molecule has 7 nitrogen and oxygen atoms in total. The van der Waals surface area contributed by atoms with Crippen molar-refractivity contribution in [3.8, 4) is 5.75 Å². The van der Waals surface area contributed by atoms with Crippen molar-refractivity contribution in [2.45, 2.75) is 96.5 Å². The van der Waals surface area contributed by atoms with Gasteiger partial charge in [-0.2, -0.15) is 5.10 Å². The van der Waals surface area contributed by atoms with Crippen LogP contribution in [0.3, 0.4) is 0 Å². The fraction of sp³-hybridized carbons (Fsp3) is 0.577. The Kier molecular flexibility index (Phi) is 4.55. The molecule has 35 heavy (non-hydrogen) atoms. The van der Waals surface area contributed by atoms with Crippen molar-refractivity contribution in [2.75, 3.05) is 0 Å². The summed E-state index contributed by atoms with van der Waals surface area (Å²) in [6.45, 7) is 18.7. The highest BCUT2D eigenvalue weighted by atomic mass is 16.7. The second-order valence-electron chi connectivity index (χ2n) is 12.6. The van der Waals surface area contributed by atoms with Crippen LogP contribution in [-0.2, 0) is 18.6 Å². The second kappa shape index (κ2) is 6.82. The lowest BCUT2D eigenvalue weighted by Gasteiger charge is -2.34. The van der Waals surface area contributed by atoms with E-state index in [0.717, 1.165) is 33.6 Å². The third-order valence-corrected chi connectivity index (χ3v) is 8.94. The van der Waals surface area contributed by atoms with Gasteiger partial charge in [-0.25, -0.2) is 4.68 Å². The Labute approximate surface area is 208 Å². The molecule has 0 bridgehead atoms. The van der Waals surface area contributed by atoms with E-state index in [9.17, 15) is 0 Å². The predicted molar refractivity (Wildman–Crippen MR) is 137 cm³/mol. The normalized spacial score (nSPS) is 29.6. The molecule has 2 saturated heterocycles. The van der Waals surface area contributed by atoms with Crippen molar-refractivity contribution < 1.29 is 23.4 Å². The third kappa shape index (κ3) is 3.18. The van der Waals surface area contributed by atoms with Gasteiger partial charge in [-0.15, -0.1) is 0 Å². The van der Waals surface area contributed by atoms with E-state index in [2.05, 4.69) is 74.5 Å². The number of fused-ring (bicyclic) bond motifs is 1. The van der Waals surface area contributed by atoms with Gasteiger partial charge in [0, 0.05) is 17.1 Å². The molecular formula is C26H34B2N2O5. The molecule has 0 N–H and O–H groups in total. The van der Waals surface area contributed by atoms with Gasteiger partial charge in [-0.3, -0.25) is 0 Å². The number of nitrogens with zero attached hydrogens (tertiary/aromatic N) is 2. The topological polar surface area (TPSA) is 64.0 Å². The molecule has 1 aromatic carbocycles. The molecule has 2 aromatic rings. The lowest BCUT2D eigenvalue weighted by atomic mass is 9.55. The summed E-state index contributed by atoms with van der Waals surface area (Å²) in [7, 11) is -0.832. The maximum Gasteiger partial charge on any atom is 0.495 e. The van der Waals surface area contributed by atoms with E-state index in [0.29, 0.717) is 6.42 Å². The summed E-state index contributed by atoms with van der Waals surface area (Å²) in [5.41, 5.74) is 1.23. The molecular weight excluding hydrogens is 442 g/mol. The SMILES string of the molecule is CC1(B2OC(C)(C)C(C)(C)O2)C=CC2=C(C1)Oc1ccc(B3OC(C)(C)C(C)(C)O3)c3cnn2c13. The average molecular weight is 476 g/mol. The highest BCUT2D eigenvalue weighted by Crippen LogP contribution is 2.52. The molecule has 3 aliphatic heterocycles. The van der Waals surface area contributed by atoms with Gasteiger partial charge in [0.25, 0.3) is 0 Å². The largest absolute Gasteiger partial charge is 0.495 e. The van der Waals surface area contributed by atoms with Crippen LogP contribution in [0.2, 0.25) is 5.31 Å². The molecule has 4 heterocycles.